The zero-order valence-corrected chi connectivity index (χ0v) is 13.8. The summed E-state index contributed by atoms with van der Waals surface area (Å²) < 4.78 is 0. The highest BCUT2D eigenvalue weighted by molar-refractivity contribution is 5.86. The second-order valence-corrected chi connectivity index (χ2v) is 6.58. The number of nitrogens with one attached hydrogen (secondary N) is 2. The topological polar surface area (TPSA) is 65.1 Å². The van der Waals surface area contributed by atoms with Crippen LogP contribution in [-0.4, -0.2) is 22.1 Å². The van der Waals surface area contributed by atoms with E-state index in [-0.39, 0.29) is 6.04 Å². The first-order valence-corrected chi connectivity index (χ1v) is 8.79. The normalized spacial score (nSPS) is 20.6. The van der Waals surface area contributed by atoms with Crippen LogP contribution in [0.5, 0.6) is 0 Å². The van der Waals surface area contributed by atoms with Crippen LogP contribution in [0.1, 0.15) is 62.7 Å². The SMILES string of the molecule is CCCCCCC[C@H]1N[C@H](C(=O)O)Cc2c1[nH]c1ccccc21. The molecule has 124 valence electrons. The van der Waals surface area contributed by atoms with Crippen molar-refractivity contribution in [1.82, 2.24) is 10.3 Å². The molecule has 2 aromatic rings. The quantitative estimate of drug-likeness (QED) is 0.672. The average molecular weight is 314 g/mol. The lowest BCUT2D eigenvalue weighted by atomic mass is 9.91. The average Bonchev–Trinajstić information content (AvgIpc) is 2.93. The van der Waals surface area contributed by atoms with Crippen molar-refractivity contribution in [3.63, 3.8) is 0 Å². The number of hydrogen-bond acceptors (Lipinski definition) is 2. The van der Waals surface area contributed by atoms with Gasteiger partial charge in [0.05, 0.1) is 0 Å². The minimum atomic E-state index is -0.753. The Hall–Kier alpha value is -1.81. The Morgan fingerprint density at radius 3 is 2.78 bits per heavy atom. The molecular weight excluding hydrogens is 288 g/mol. The lowest BCUT2D eigenvalue weighted by Gasteiger charge is -2.29. The molecule has 4 heteroatoms. The van der Waals surface area contributed by atoms with E-state index in [0.29, 0.717) is 6.42 Å². The smallest absolute Gasteiger partial charge is 0.321 e. The molecule has 4 nitrogen and oxygen atoms in total. The van der Waals surface area contributed by atoms with Crippen LogP contribution < -0.4 is 5.32 Å². The van der Waals surface area contributed by atoms with Gasteiger partial charge in [0.15, 0.2) is 0 Å². The minimum absolute atomic E-state index is 0.119. The Morgan fingerprint density at radius 2 is 2.00 bits per heavy atom. The highest BCUT2D eigenvalue weighted by atomic mass is 16.4. The van der Waals surface area contributed by atoms with E-state index in [1.807, 2.05) is 12.1 Å². The molecule has 0 aliphatic carbocycles. The van der Waals surface area contributed by atoms with Crippen LogP contribution in [0.15, 0.2) is 24.3 Å². The minimum Gasteiger partial charge on any atom is -0.480 e. The first kappa shape index (κ1) is 16.1. The second-order valence-electron chi connectivity index (χ2n) is 6.58. The van der Waals surface area contributed by atoms with E-state index < -0.39 is 12.0 Å². The summed E-state index contributed by atoms with van der Waals surface area (Å²) in [7, 11) is 0. The van der Waals surface area contributed by atoms with Crippen molar-refractivity contribution >= 4 is 16.9 Å². The monoisotopic (exact) mass is 314 g/mol. The number of aromatic nitrogens is 1. The van der Waals surface area contributed by atoms with Gasteiger partial charge >= 0.3 is 5.97 Å². The van der Waals surface area contributed by atoms with E-state index in [2.05, 4.69) is 29.4 Å². The number of unbranched alkanes of at least 4 members (excludes halogenated alkanes) is 4. The van der Waals surface area contributed by atoms with Gasteiger partial charge < -0.3 is 10.1 Å². The number of rotatable bonds is 7. The van der Waals surface area contributed by atoms with Gasteiger partial charge in [-0.1, -0.05) is 57.2 Å². The van der Waals surface area contributed by atoms with Crippen molar-refractivity contribution < 1.29 is 9.90 Å². The van der Waals surface area contributed by atoms with Crippen LogP contribution >= 0.6 is 0 Å². The third-order valence-electron chi connectivity index (χ3n) is 4.90. The van der Waals surface area contributed by atoms with Crippen LogP contribution in [0.2, 0.25) is 0 Å². The molecule has 0 spiro atoms. The number of carbonyl (C=O) groups is 1. The Labute approximate surface area is 137 Å². The van der Waals surface area contributed by atoms with Gasteiger partial charge in [0.2, 0.25) is 0 Å². The van der Waals surface area contributed by atoms with Crippen molar-refractivity contribution in [2.24, 2.45) is 0 Å². The maximum atomic E-state index is 11.5. The molecule has 3 rings (SSSR count). The summed E-state index contributed by atoms with van der Waals surface area (Å²) in [6, 6.07) is 7.84. The lowest BCUT2D eigenvalue weighted by Crippen LogP contribution is -2.44. The van der Waals surface area contributed by atoms with Crippen molar-refractivity contribution in [3.8, 4) is 0 Å². The van der Waals surface area contributed by atoms with Crippen LogP contribution in [0, 0.1) is 0 Å². The molecule has 0 unspecified atom stereocenters. The predicted molar refractivity (Wildman–Crippen MR) is 92.7 cm³/mol. The zero-order chi connectivity index (χ0) is 16.2. The van der Waals surface area contributed by atoms with Crippen LogP contribution in [0.3, 0.4) is 0 Å². The third-order valence-corrected chi connectivity index (χ3v) is 4.90. The van der Waals surface area contributed by atoms with Gasteiger partial charge in [-0.25, -0.2) is 0 Å². The van der Waals surface area contributed by atoms with E-state index in [1.165, 1.54) is 42.3 Å². The van der Waals surface area contributed by atoms with E-state index in [9.17, 15) is 9.90 Å². The highest BCUT2D eigenvalue weighted by Crippen LogP contribution is 2.34. The molecule has 23 heavy (non-hydrogen) atoms. The van der Waals surface area contributed by atoms with E-state index in [4.69, 9.17) is 0 Å². The van der Waals surface area contributed by atoms with Crippen LogP contribution in [-0.2, 0) is 11.2 Å². The fourth-order valence-electron chi connectivity index (χ4n) is 3.67. The summed E-state index contributed by atoms with van der Waals surface area (Å²) in [5.74, 6) is -0.753. The third kappa shape index (κ3) is 3.42. The maximum absolute atomic E-state index is 11.5. The zero-order valence-electron chi connectivity index (χ0n) is 13.8. The van der Waals surface area contributed by atoms with Gasteiger partial charge in [-0.05, 0) is 18.1 Å². The van der Waals surface area contributed by atoms with Crippen molar-refractivity contribution in [2.45, 2.75) is 64.0 Å². The molecule has 0 radical (unpaired) electrons. The Bertz CT molecular complexity index is 677. The van der Waals surface area contributed by atoms with Gasteiger partial charge in [0, 0.05) is 29.1 Å². The molecule has 0 bridgehead atoms. The van der Waals surface area contributed by atoms with Gasteiger partial charge in [0.25, 0.3) is 0 Å². The molecule has 1 aliphatic heterocycles. The molecule has 1 aliphatic rings. The maximum Gasteiger partial charge on any atom is 0.321 e. The summed E-state index contributed by atoms with van der Waals surface area (Å²) in [6.45, 7) is 2.22. The Kier molecular flexibility index (Phi) is 5.01. The fraction of sp³-hybridized carbons (Fsp3) is 0.526. The number of fused-ring (bicyclic) bond motifs is 3. The van der Waals surface area contributed by atoms with Crippen molar-refractivity contribution in [3.05, 3.63) is 35.5 Å². The molecule has 0 fully saturated rings. The molecular formula is C19H26N2O2. The standard InChI is InChI=1S/C19H26N2O2/c1-2-3-4-5-6-11-16-18-14(12-17(20-16)19(22)23)13-9-7-8-10-15(13)21-18/h7-10,16-17,20-21H,2-6,11-12H2,1H3,(H,22,23)/t16-,17+/m1/s1. The first-order chi connectivity index (χ1) is 11.2. The number of hydrogen-bond donors (Lipinski definition) is 3. The summed E-state index contributed by atoms with van der Waals surface area (Å²) in [4.78, 5) is 15.0. The number of H-pyrrole nitrogens is 1. The van der Waals surface area contributed by atoms with E-state index in [1.54, 1.807) is 0 Å². The number of benzene rings is 1. The largest absolute Gasteiger partial charge is 0.480 e. The van der Waals surface area contributed by atoms with Gasteiger partial charge in [-0.15, -0.1) is 0 Å². The molecule has 0 saturated carbocycles. The number of aromatic amines is 1. The molecule has 0 amide bonds. The highest BCUT2D eigenvalue weighted by Gasteiger charge is 2.32. The summed E-state index contributed by atoms with van der Waals surface area (Å²) in [5, 5.41) is 14.0. The van der Waals surface area contributed by atoms with Gasteiger partial charge in [-0.2, -0.15) is 0 Å². The molecule has 3 N–H and O–H groups in total. The predicted octanol–water partition coefficient (Wildman–Crippen LogP) is 4.17. The van der Waals surface area contributed by atoms with E-state index in [0.717, 1.165) is 18.4 Å². The number of aliphatic carboxylic acids is 1. The Morgan fingerprint density at radius 1 is 1.22 bits per heavy atom. The van der Waals surface area contributed by atoms with Crippen molar-refractivity contribution in [2.75, 3.05) is 0 Å². The lowest BCUT2D eigenvalue weighted by molar-refractivity contribution is -0.139. The molecule has 2 atom stereocenters. The van der Waals surface area contributed by atoms with Gasteiger partial charge in [0.1, 0.15) is 6.04 Å². The van der Waals surface area contributed by atoms with Gasteiger partial charge in [-0.3, -0.25) is 10.1 Å². The molecule has 1 aromatic carbocycles. The van der Waals surface area contributed by atoms with Crippen LogP contribution in [0.25, 0.3) is 10.9 Å². The van der Waals surface area contributed by atoms with Crippen molar-refractivity contribution in [1.29, 1.82) is 0 Å². The fourth-order valence-corrected chi connectivity index (χ4v) is 3.67. The molecule has 2 heterocycles. The molecule has 0 saturated heterocycles. The summed E-state index contributed by atoms with van der Waals surface area (Å²) in [6.07, 6.45) is 7.71. The first-order valence-electron chi connectivity index (χ1n) is 8.79. The second kappa shape index (κ2) is 7.18. The number of para-hydroxylation sites is 1. The molecule has 1 aromatic heterocycles. The van der Waals surface area contributed by atoms with Crippen LogP contribution in [0.4, 0.5) is 0 Å². The number of carboxylic acids is 1. The number of carboxylic acid groups (broad SMARTS) is 1. The summed E-state index contributed by atoms with van der Waals surface area (Å²) >= 11 is 0. The summed E-state index contributed by atoms with van der Waals surface area (Å²) in [5.41, 5.74) is 3.49. The van der Waals surface area contributed by atoms with E-state index >= 15 is 0 Å². The Balaban J connectivity index is 1.80.